The Kier molecular flexibility index (Phi) is 9.61. The van der Waals surface area contributed by atoms with Gasteiger partial charge in [0.1, 0.15) is 0 Å². The molecule has 0 aliphatic rings. The van der Waals surface area contributed by atoms with Crippen molar-refractivity contribution in [1.82, 2.24) is 4.90 Å². The molecule has 0 aliphatic heterocycles. The van der Waals surface area contributed by atoms with Crippen molar-refractivity contribution in [3.8, 4) is 0 Å². The molecule has 0 bridgehead atoms. The molecule has 28 heavy (non-hydrogen) atoms. The topological polar surface area (TPSA) is 41.6 Å². The number of carbonyl (C=O) groups is 1. The molecule has 1 aromatic rings. The Bertz CT molecular complexity index is 790. The molecule has 0 saturated carbocycles. The van der Waals surface area contributed by atoms with E-state index in [1.54, 1.807) is 13.0 Å². The van der Waals surface area contributed by atoms with Crippen LogP contribution in [-0.2, 0) is 35.1 Å². The third-order valence-corrected chi connectivity index (χ3v) is 4.14. The van der Waals surface area contributed by atoms with Gasteiger partial charge in [-0.3, -0.25) is 0 Å². The molecule has 0 atom stereocenters. The summed E-state index contributed by atoms with van der Waals surface area (Å²) < 4.78 is 45.8. The fraction of sp³-hybridized carbons (Fsp3) is 0.368. The van der Waals surface area contributed by atoms with Crippen molar-refractivity contribution in [1.29, 1.82) is 0 Å². The molecule has 1 aromatic carbocycles. The molecule has 0 heterocycles. The van der Waals surface area contributed by atoms with Gasteiger partial charge in [0.2, 0.25) is 0 Å². The molecule has 1 rings (SSSR count). The van der Waals surface area contributed by atoms with Crippen LogP contribution >= 0.6 is 11.6 Å². The van der Waals surface area contributed by atoms with Gasteiger partial charge in [0, 0.05) is 0 Å². The number of nitrogens with zero attached hydrogens (tertiary/aromatic N) is 1. The number of alkyl halides is 3. The molecule has 0 fully saturated rings. The molecule has 0 unspecified atom stereocenters. The quantitative estimate of drug-likeness (QED) is 0.215. The Hall–Kier alpha value is -1.43. The van der Waals surface area contributed by atoms with Gasteiger partial charge in [-0.1, -0.05) is 0 Å². The summed E-state index contributed by atoms with van der Waals surface area (Å²) in [7, 11) is 3.78. The summed E-state index contributed by atoms with van der Waals surface area (Å²) in [5, 5.41) is 2.02. The summed E-state index contributed by atoms with van der Waals surface area (Å²) in [5.41, 5.74) is -0.926. The molecule has 1 amide bonds. The maximum atomic E-state index is 13.0. The SMILES string of the molecule is C[C-]=C(C(=O)Nc1ccc(Cl)c(C(F)(F)F)c1)C(=C[C](C)=[W])OCCN(C)C. The predicted molar refractivity (Wildman–Crippen MR) is 101 cm³/mol. The third-order valence-electron chi connectivity index (χ3n) is 3.38. The fourth-order valence-corrected chi connectivity index (χ4v) is 2.68. The van der Waals surface area contributed by atoms with E-state index in [0.717, 1.165) is 16.0 Å². The number of hydrogen-bond acceptors (Lipinski definition) is 3. The van der Waals surface area contributed by atoms with Crippen molar-refractivity contribution in [3.05, 3.63) is 52.3 Å². The average molecular weight is 586 g/mol. The second kappa shape index (κ2) is 10.9. The van der Waals surface area contributed by atoms with Crippen molar-refractivity contribution >= 4 is 27.1 Å². The number of halogens is 4. The monoisotopic (exact) mass is 585 g/mol. The van der Waals surface area contributed by atoms with E-state index >= 15 is 0 Å². The Balaban J connectivity index is 3.08. The van der Waals surface area contributed by atoms with Gasteiger partial charge in [0.15, 0.2) is 0 Å². The molecule has 0 saturated heterocycles. The number of allylic oxidation sites excluding steroid dienone is 2. The molecule has 1 N–H and O–H groups in total. The number of rotatable bonds is 8. The van der Waals surface area contributed by atoms with Crippen LogP contribution in [0.15, 0.2) is 35.6 Å². The van der Waals surface area contributed by atoms with Crippen LogP contribution in [0, 0.1) is 6.08 Å². The zero-order valence-corrected chi connectivity index (χ0v) is 19.6. The summed E-state index contributed by atoms with van der Waals surface area (Å²) in [6, 6.07) is 3.20. The molecule has 154 valence electrons. The Morgan fingerprint density at radius 1 is 1.39 bits per heavy atom. The minimum atomic E-state index is -4.62. The number of carbonyl (C=O) groups excluding carboxylic acids is 1. The first-order chi connectivity index (χ1) is 13.0. The number of benzene rings is 1. The Labute approximate surface area is 178 Å². The van der Waals surface area contributed by atoms with Crippen LogP contribution in [-0.4, -0.2) is 42.0 Å². The summed E-state index contributed by atoms with van der Waals surface area (Å²) >= 11 is 6.81. The maximum absolute atomic E-state index is 13.0. The molecule has 0 aliphatic carbocycles. The normalized spacial score (nSPS) is 12.9. The van der Waals surface area contributed by atoms with Gasteiger partial charge >= 0.3 is 179 Å². The van der Waals surface area contributed by atoms with Crippen molar-refractivity contribution in [2.24, 2.45) is 0 Å². The van der Waals surface area contributed by atoms with E-state index < -0.39 is 22.7 Å². The second-order valence-corrected chi connectivity index (χ2v) is 8.76. The summed E-state index contributed by atoms with van der Waals surface area (Å²) in [4.78, 5) is 14.6. The van der Waals surface area contributed by atoms with E-state index in [4.69, 9.17) is 16.3 Å². The standard InChI is InChI=1S/C19H21ClF3N2O2.W/c1-5-7-17(27-11-10-25(3)4)14(6-2)18(26)24-13-8-9-16(20)15(12-13)19(21,22)23;/h7-9,12H,10-11H2,1-4H3,(H,24,26);/q-1;. The molecule has 0 aromatic heterocycles. The first kappa shape index (κ1) is 24.6. The van der Waals surface area contributed by atoms with Gasteiger partial charge in [-0.2, -0.15) is 0 Å². The summed E-state index contributed by atoms with van der Waals surface area (Å²) in [6.45, 7) is 4.40. The number of anilines is 1. The first-order valence-corrected chi connectivity index (χ1v) is 10.0. The Morgan fingerprint density at radius 2 is 2.04 bits per heavy atom. The zero-order valence-electron chi connectivity index (χ0n) is 15.9. The van der Waals surface area contributed by atoms with Crippen molar-refractivity contribution in [2.45, 2.75) is 20.0 Å². The van der Waals surface area contributed by atoms with Crippen LogP contribution in [0.4, 0.5) is 18.9 Å². The van der Waals surface area contributed by atoms with Gasteiger partial charge in [0.25, 0.3) is 0 Å². The van der Waals surface area contributed by atoms with E-state index in [1.165, 1.54) is 25.4 Å². The van der Waals surface area contributed by atoms with Crippen molar-refractivity contribution < 1.29 is 42.1 Å². The zero-order chi connectivity index (χ0) is 21.5. The molecule has 0 radical (unpaired) electrons. The number of ether oxygens (including phenoxy) is 1. The molecule has 0 spiro atoms. The minimum absolute atomic E-state index is 0.0232. The van der Waals surface area contributed by atoms with E-state index in [9.17, 15) is 18.0 Å². The van der Waals surface area contributed by atoms with E-state index in [-0.39, 0.29) is 11.3 Å². The second-order valence-electron chi connectivity index (χ2n) is 6.04. The van der Waals surface area contributed by atoms with E-state index in [2.05, 4.69) is 11.4 Å². The van der Waals surface area contributed by atoms with Crippen molar-refractivity contribution in [3.63, 3.8) is 0 Å². The van der Waals surface area contributed by atoms with Crippen LogP contribution in [0.5, 0.6) is 0 Å². The van der Waals surface area contributed by atoms with Gasteiger partial charge < -0.3 is 0 Å². The van der Waals surface area contributed by atoms with Crippen molar-refractivity contribution in [2.75, 3.05) is 32.6 Å². The Morgan fingerprint density at radius 3 is 2.54 bits per heavy atom. The van der Waals surface area contributed by atoms with E-state index in [0.29, 0.717) is 18.9 Å². The number of amides is 1. The van der Waals surface area contributed by atoms with Crippen LogP contribution in [0.3, 0.4) is 0 Å². The van der Waals surface area contributed by atoms with Gasteiger partial charge in [-0.15, -0.1) is 0 Å². The van der Waals surface area contributed by atoms with E-state index in [1.807, 2.05) is 25.9 Å². The summed E-state index contributed by atoms with van der Waals surface area (Å²) in [6.07, 6.45) is -0.131. The predicted octanol–water partition coefficient (Wildman–Crippen LogP) is 4.25. The third kappa shape index (κ3) is 7.90. The molecular weight excluding hydrogens is 565 g/mol. The van der Waals surface area contributed by atoms with Gasteiger partial charge in [-0.25, -0.2) is 0 Å². The number of likely N-dealkylation sites (N-methyl/N-ethyl adjacent to an activating group) is 1. The van der Waals surface area contributed by atoms with Gasteiger partial charge in [-0.05, 0) is 0 Å². The fourth-order valence-electron chi connectivity index (χ4n) is 2.07. The summed E-state index contributed by atoms with van der Waals surface area (Å²) in [5.74, 6) is -0.301. The first-order valence-electron chi connectivity index (χ1n) is 8.18. The van der Waals surface area contributed by atoms with Crippen LogP contribution in [0.1, 0.15) is 19.4 Å². The molecule has 9 heteroatoms. The van der Waals surface area contributed by atoms with Crippen LogP contribution in [0.25, 0.3) is 0 Å². The number of hydrogen-bond donors (Lipinski definition) is 1. The average Bonchev–Trinajstić information content (AvgIpc) is 2.55. The van der Waals surface area contributed by atoms with Gasteiger partial charge in [0.05, 0.1) is 0 Å². The molecular formula is C19H21ClF3N2O2W-. The van der Waals surface area contributed by atoms with Crippen LogP contribution in [0.2, 0.25) is 5.02 Å². The number of nitrogens with one attached hydrogen (secondary N) is 1. The van der Waals surface area contributed by atoms with Crippen LogP contribution < -0.4 is 5.32 Å². The molecule has 4 nitrogen and oxygen atoms in total.